The fourth-order valence-corrected chi connectivity index (χ4v) is 4.56. The summed E-state index contributed by atoms with van der Waals surface area (Å²) in [5.41, 5.74) is 0.0906. The molecule has 33 heavy (non-hydrogen) atoms. The van der Waals surface area contributed by atoms with Crippen LogP contribution < -0.4 is 15.1 Å². The van der Waals surface area contributed by atoms with E-state index in [9.17, 15) is 22.2 Å². The van der Waals surface area contributed by atoms with E-state index in [-0.39, 0.29) is 27.2 Å². The van der Waals surface area contributed by atoms with Gasteiger partial charge < -0.3 is 0 Å². The van der Waals surface area contributed by atoms with Crippen LogP contribution in [0.3, 0.4) is 0 Å². The summed E-state index contributed by atoms with van der Waals surface area (Å²) in [6.45, 7) is 2.12. The third-order valence-electron chi connectivity index (χ3n) is 4.81. The monoisotopic (exact) mass is 478 g/mol. The number of halogens is 3. The molecule has 0 spiro atoms. The molecule has 0 aliphatic heterocycles. The van der Waals surface area contributed by atoms with Crippen LogP contribution >= 0.6 is 0 Å². The first-order valence-corrected chi connectivity index (χ1v) is 11.0. The molecule has 0 aliphatic carbocycles. The molecule has 1 atom stereocenters. The summed E-state index contributed by atoms with van der Waals surface area (Å²) in [5.74, 6) is -4.87. The van der Waals surface area contributed by atoms with Gasteiger partial charge in [-0.1, -0.05) is 0 Å². The second-order valence-electron chi connectivity index (χ2n) is 7.46. The molecule has 0 saturated heterocycles. The minimum atomic E-state index is -3.17. The first-order chi connectivity index (χ1) is 15.6. The molecule has 0 N–H and O–H groups in total. The van der Waals surface area contributed by atoms with Gasteiger partial charge in [-0.05, 0) is 30.7 Å². The maximum absolute atomic E-state index is 14.8. The van der Waals surface area contributed by atoms with Crippen molar-refractivity contribution >= 4 is 21.8 Å². The first kappa shape index (κ1) is 22.6. The fourth-order valence-electron chi connectivity index (χ4n) is 3.28. The average molecular weight is 478 g/mol. The molecule has 0 saturated carbocycles. The number of alkyl halides is 2. The second-order valence-corrected chi connectivity index (χ2v) is 8.88. The summed E-state index contributed by atoms with van der Waals surface area (Å²) in [6.07, 6.45) is 5.85. The van der Waals surface area contributed by atoms with Crippen LogP contribution in [0.15, 0.2) is 58.9 Å². The topological polar surface area (TPSA) is 82.9 Å². The van der Waals surface area contributed by atoms with Gasteiger partial charge in [-0.3, -0.25) is 18.4 Å². The maximum Gasteiger partial charge on any atom is 0.269 e. The largest absolute Gasteiger partial charge is 0.275 e. The van der Waals surface area contributed by atoms with Crippen LogP contribution in [0.1, 0.15) is 12.5 Å². The molecular formula is C21H19F3N5O3S+. The number of pyridine rings is 1. The summed E-state index contributed by atoms with van der Waals surface area (Å²) >= 11 is 0. The minimum absolute atomic E-state index is 0.0176. The van der Waals surface area contributed by atoms with E-state index in [4.69, 9.17) is 4.84 Å². The summed E-state index contributed by atoms with van der Waals surface area (Å²) in [4.78, 5) is 22.4. The lowest BCUT2D eigenvalue weighted by Gasteiger charge is -2.14. The SMILES string of the molecule is CO[n+]1cccc(-n2cc3c(=O)n(-c4cc(S(=O)CC(C)(F)F)c(C)cc4F)cnc3n2)c1. The Morgan fingerprint density at radius 3 is 2.76 bits per heavy atom. The number of fused-ring (bicyclic) bond motifs is 1. The Morgan fingerprint density at radius 1 is 1.30 bits per heavy atom. The number of nitrogens with zero attached hydrogens (tertiary/aromatic N) is 5. The van der Waals surface area contributed by atoms with Crippen molar-refractivity contribution in [1.82, 2.24) is 19.3 Å². The van der Waals surface area contributed by atoms with Crippen LogP contribution in [-0.2, 0) is 10.8 Å². The zero-order valence-corrected chi connectivity index (χ0v) is 18.6. The third kappa shape index (κ3) is 4.51. The van der Waals surface area contributed by atoms with Crippen molar-refractivity contribution in [2.24, 2.45) is 0 Å². The number of hydrogen-bond acceptors (Lipinski definition) is 5. The first-order valence-electron chi connectivity index (χ1n) is 9.67. The van der Waals surface area contributed by atoms with Crippen LogP contribution in [0.5, 0.6) is 0 Å². The van der Waals surface area contributed by atoms with Gasteiger partial charge in [0.25, 0.3) is 11.5 Å². The Labute approximate surface area is 188 Å². The smallest absolute Gasteiger partial charge is 0.269 e. The van der Waals surface area contributed by atoms with Crippen molar-refractivity contribution in [2.45, 2.75) is 24.7 Å². The molecule has 172 valence electrons. The van der Waals surface area contributed by atoms with Crippen molar-refractivity contribution in [3.63, 3.8) is 0 Å². The summed E-state index contributed by atoms with van der Waals surface area (Å²) in [5, 5.41) is 4.38. The van der Waals surface area contributed by atoms with E-state index in [2.05, 4.69) is 10.1 Å². The molecule has 0 aliphatic rings. The molecule has 8 nitrogen and oxygen atoms in total. The van der Waals surface area contributed by atoms with E-state index in [1.54, 1.807) is 24.5 Å². The number of rotatable bonds is 6. The highest BCUT2D eigenvalue weighted by atomic mass is 32.2. The molecule has 12 heteroatoms. The second kappa shape index (κ2) is 8.43. The number of aromatic nitrogens is 5. The molecule has 4 rings (SSSR count). The van der Waals surface area contributed by atoms with Crippen LogP contribution in [0.25, 0.3) is 22.4 Å². The quantitative estimate of drug-likeness (QED) is 0.397. The van der Waals surface area contributed by atoms with E-state index in [1.165, 1.54) is 29.6 Å². The average Bonchev–Trinajstić information content (AvgIpc) is 3.19. The van der Waals surface area contributed by atoms with Crippen molar-refractivity contribution in [3.05, 3.63) is 70.9 Å². The predicted octanol–water partition coefficient (Wildman–Crippen LogP) is 2.13. The summed E-state index contributed by atoms with van der Waals surface area (Å²) in [6, 6.07) is 5.67. The Morgan fingerprint density at radius 2 is 2.06 bits per heavy atom. The van der Waals surface area contributed by atoms with Crippen LogP contribution in [0, 0.1) is 12.7 Å². The zero-order valence-electron chi connectivity index (χ0n) is 17.8. The highest BCUT2D eigenvalue weighted by Crippen LogP contribution is 2.25. The van der Waals surface area contributed by atoms with Gasteiger partial charge in [-0.15, -0.1) is 5.10 Å². The van der Waals surface area contributed by atoms with Gasteiger partial charge in [0.1, 0.15) is 30.3 Å². The predicted molar refractivity (Wildman–Crippen MR) is 114 cm³/mol. The molecule has 3 heterocycles. The van der Waals surface area contributed by atoms with E-state index in [0.29, 0.717) is 12.6 Å². The normalized spacial score (nSPS) is 12.8. The van der Waals surface area contributed by atoms with Crippen molar-refractivity contribution in [3.8, 4) is 11.4 Å². The summed E-state index contributed by atoms with van der Waals surface area (Å²) in [7, 11) is -0.609. The zero-order chi connectivity index (χ0) is 23.9. The number of benzene rings is 1. The molecule has 1 aromatic carbocycles. The van der Waals surface area contributed by atoms with Crippen LogP contribution in [0.2, 0.25) is 0 Å². The molecule has 1 unspecified atom stereocenters. The Hall–Kier alpha value is -3.54. The van der Waals surface area contributed by atoms with Gasteiger partial charge in [-0.2, -0.15) is 0 Å². The lowest BCUT2D eigenvalue weighted by Crippen LogP contribution is -2.39. The maximum atomic E-state index is 14.8. The Bertz CT molecular complexity index is 1450. The van der Waals surface area contributed by atoms with Crippen molar-refractivity contribution < 1.29 is 26.9 Å². The van der Waals surface area contributed by atoms with Gasteiger partial charge in [0, 0.05) is 28.8 Å². The summed E-state index contributed by atoms with van der Waals surface area (Å²) < 4.78 is 57.8. The molecule has 3 aromatic heterocycles. The lowest BCUT2D eigenvalue weighted by atomic mass is 10.2. The number of hydrogen-bond donors (Lipinski definition) is 0. The van der Waals surface area contributed by atoms with E-state index < -0.39 is 33.9 Å². The minimum Gasteiger partial charge on any atom is -0.275 e. The molecular weight excluding hydrogens is 459 g/mol. The van der Waals surface area contributed by atoms with Gasteiger partial charge in [0.15, 0.2) is 5.65 Å². The van der Waals surface area contributed by atoms with Crippen molar-refractivity contribution in [1.29, 1.82) is 0 Å². The third-order valence-corrected chi connectivity index (χ3v) is 6.51. The van der Waals surface area contributed by atoms with Crippen LogP contribution in [-0.4, -0.2) is 42.3 Å². The molecule has 0 radical (unpaired) electrons. The van der Waals surface area contributed by atoms with Crippen LogP contribution in [0.4, 0.5) is 13.2 Å². The van der Waals surface area contributed by atoms with E-state index >= 15 is 0 Å². The molecule has 0 bridgehead atoms. The molecule has 4 aromatic rings. The molecule has 0 fully saturated rings. The highest BCUT2D eigenvalue weighted by Gasteiger charge is 2.27. The van der Waals surface area contributed by atoms with E-state index in [1.807, 2.05) is 0 Å². The van der Waals surface area contributed by atoms with Gasteiger partial charge in [0.05, 0.1) is 22.2 Å². The fraction of sp³-hybridized carbons (Fsp3) is 0.238. The lowest BCUT2D eigenvalue weighted by molar-refractivity contribution is -0.885. The Kier molecular flexibility index (Phi) is 5.78. The Balaban J connectivity index is 1.82. The highest BCUT2D eigenvalue weighted by molar-refractivity contribution is 7.85. The van der Waals surface area contributed by atoms with Gasteiger partial charge >= 0.3 is 0 Å². The molecule has 0 amide bonds. The van der Waals surface area contributed by atoms with Crippen molar-refractivity contribution in [2.75, 3.05) is 12.9 Å². The van der Waals surface area contributed by atoms with E-state index in [0.717, 1.165) is 23.0 Å². The van der Waals surface area contributed by atoms with Gasteiger partial charge in [0.2, 0.25) is 12.4 Å². The number of aryl methyl sites for hydroxylation is 1. The standard InChI is InChI=1S/C21H19F3N5O3S/c1-13-7-16(22)17(8-18(13)33(31)11-21(2,23)24)28-12-25-19-15(20(28)30)10-29(26-19)14-5-4-6-27(9-14)32-3/h4-10,12H,11H2,1-3H3/q+1. The van der Waals surface area contributed by atoms with Gasteiger partial charge in [-0.25, -0.2) is 22.8 Å².